The quantitative estimate of drug-likeness (QED) is 0.547. The molecule has 4 rings (SSSR count). The number of hydrogen-bond acceptors (Lipinski definition) is 9. The smallest absolute Gasteiger partial charge is 0.253 e. The summed E-state index contributed by atoms with van der Waals surface area (Å²) in [5, 5.41) is 4.94. The Hall–Kier alpha value is -2.77. The lowest BCUT2D eigenvalue weighted by atomic mass is 10.1. The van der Waals surface area contributed by atoms with E-state index in [0.717, 1.165) is 13.1 Å². The lowest BCUT2D eigenvalue weighted by Gasteiger charge is -2.39. The number of ether oxygens (including phenoxy) is 1. The predicted octanol–water partition coefficient (Wildman–Crippen LogP) is 1.08. The van der Waals surface area contributed by atoms with E-state index in [-0.39, 0.29) is 16.8 Å². The zero-order chi connectivity index (χ0) is 25.2. The first-order valence-electron chi connectivity index (χ1n) is 11.6. The van der Waals surface area contributed by atoms with E-state index in [0.29, 0.717) is 49.3 Å². The van der Waals surface area contributed by atoms with Gasteiger partial charge >= 0.3 is 0 Å². The van der Waals surface area contributed by atoms with E-state index in [1.54, 1.807) is 54.4 Å². The fourth-order valence-corrected chi connectivity index (χ4v) is 5.37. The molecular formula is C23H33N7O4S. The number of anilines is 4. The Bertz CT molecular complexity index is 1170. The minimum Gasteiger partial charge on any atom is -0.383 e. The van der Waals surface area contributed by atoms with Gasteiger partial charge in [0, 0.05) is 52.6 Å². The second-order valence-corrected chi connectivity index (χ2v) is 10.5. The SMILES string of the molecule is COCCN1c2nc(Nc3cccc(S(=O)(=O)NN4CCN(C)CC4)c3)ccc2N(C)C(=O)[C@H]1C. The van der Waals surface area contributed by atoms with Crippen LogP contribution in [-0.4, -0.2) is 95.8 Å². The van der Waals surface area contributed by atoms with Crippen LogP contribution < -0.4 is 19.9 Å². The number of sulfonamides is 1. The number of carbonyl (C=O) groups is 1. The Morgan fingerprint density at radius 1 is 1.11 bits per heavy atom. The van der Waals surface area contributed by atoms with Crippen molar-refractivity contribution < 1.29 is 17.9 Å². The fourth-order valence-electron chi connectivity index (χ4n) is 4.20. The molecule has 2 N–H and O–H groups in total. The van der Waals surface area contributed by atoms with Gasteiger partial charge in [0.1, 0.15) is 11.9 Å². The molecule has 35 heavy (non-hydrogen) atoms. The van der Waals surface area contributed by atoms with Gasteiger partial charge in [-0.25, -0.2) is 18.4 Å². The molecule has 1 amide bonds. The van der Waals surface area contributed by atoms with Crippen molar-refractivity contribution in [3.05, 3.63) is 36.4 Å². The van der Waals surface area contributed by atoms with Gasteiger partial charge in [0.15, 0.2) is 5.82 Å². The lowest BCUT2D eigenvalue weighted by molar-refractivity contribution is -0.119. The average molecular weight is 504 g/mol. The first kappa shape index (κ1) is 25.3. The Labute approximate surface area is 206 Å². The number of aromatic nitrogens is 1. The van der Waals surface area contributed by atoms with Gasteiger partial charge in [-0.2, -0.15) is 0 Å². The molecule has 0 spiro atoms. The van der Waals surface area contributed by atoms with Crippen molar-refractivity contribution in [1.82, 2.24) is 19.7 Å². The summed E-state index contributed by atoms with van der Waals surface area (Å²) < 4.78 is 31.1. The molecule has 0 bridgehead atoms. The summed E-state index contributed by atoms with van der Waals surface area (Å²) in [6.45, 7) is 5.68. The molecule has 1 fully saturated rings. The molecule has 0 radical (unpaired) electrons. The largest absolute Gasteiger partial charge is 0.383 e. The van der Waals surface area contributed by atoms with Crippen molar-refractivity contribution in [2.24, 2.45) is 0 Å². The van der Waals surface area contributed by atoms with Crippen molar-refractivity contribution in [3.8, 4) is 0 Å². The molecule has 12 heteroatoms. The normalized spacial score (nSPS) is 19.7. The number of fused-ring (bicyclic) bond motifs is 1. The number of nitrogens with one attached hydrogen (secondary N) is 2. The molecule has 2 aliphatic heterocycles. The number of likely N-dealkylation sites (N-methyl/N-ethyl adjacent to an activating group) is 2. The third-order valence-electron chi connectivity index (χ3n) is 6.35. The lowest BCUT2D eigenvalue weighted by Crippen LogP contribution is -2.52. The van der Waals surface area contributed by atoms with Gasteiger partial charge in [-0.3, -0.25) is 4.79 Å². The first-order valence-corrected chi connectivity index (χ1v) is 13.0. The Morgan fingerprint density at radius 3 is 2.57 bits per heavy atom. The second kappa shape index (κ2) is 10.5. The van der Waals surface area contributed by atoms with E-state index < -0.39 is 10.0 Å². The van der Waals surface area contributed by atoms with Gasteiger partial charge < -0.3 is 24.8 Å². The number of amides is 1. The van der Waals surface area contributed by atoms with Crippen LogP contribution in [-0.2, 0) is 19.6 Å². The number of nitrogens with zero attached hydrogens (tertiary/aromatic N) is 5. The van der Waals surface area contributed by atoms with Crippen LogP contribution in [0, 0.1) is 0 Å². The summed E-state index contributed by atoms with van der Waals surface area (Å²) in [5.74, 6) is 1.20. The van der Waals surface area contributed by atoms with Crippen molar-refractivity contribution in [2.45, 2.75) is 17.9 Å². The van der Waals surface area contributed by atoms with Crippen LogP contribution in [0.1, 0.15) is 6.92 Å². The minimum atomic E-state index is -3.72. The van der Waals surface area contributed by atoms with E-state index in [1.807, 2.05) is 24.9 Å². The van der Waals surface area contributed by atoms with E-state index in [4.69, 9.17) is 9.72 Å². The van der Waals surface area contributed by atoms with Crippen LogP contribution in [0.15, 0.2) is 41.3 Å². The zero-order valence-electron chi connectivity index (χ0n) is 20.6. The molecule has 3 heterocycles. The standard InChI is InChI=1S/C23H33N7O4S/c1-17-23(31)28(3)20-8-9-21(25-22(20)30(17)14-15-34-4)24-18-6-5-7-19(16-18)35(32,33)26-29-12-10-27(2)11-13-29/h5-9,16-17,26H,10-15H2,1-4H3,(H,24,25)/t17-/m1/s1. The molecule has 0 unspecified atom stereocenters. The van der Waals surface area contributed by atoms with Crippen molar-refractivity contribution >= 4 is 38.9 Å². The van der Waals surface area contributed by atoms with Crippen LogP contribution in [0.2, 0.25) is 0 Å². The molecule has 11 nitrogen and oxygen atoms in total. The number of methoxy groups -OCH3 is 1. The highest BCUT2D eigenvalue weighted by atomic mass is 32.2. The summed E-state index contributed by atoms with van der Waals surface area (Å²) in [4.78, 5) is 26.0. The molecule has 0 saturated carbocycles. The van der Waals surface area contributed by atoms with Crippen molar-refractivity contribution in [2.75, 3.05) is 75.7 Å². The van der Waals surface area contributed by atoms with Crippen molar-refractivity contribution in [3.63, 3.8) is 0 Å². The highest BCUT2D eigenvalue weighted by molar-refractivity contribution is 7.89. The second-order valence-electron chi connectivity index (χ2n) is 8.84. The summed E-state index contributed by atoms with van der Waals surface area (Å²) >= 11 is 0. The van der Waals surface area contributed by atoms with Gasteiger partial charge in [-0.05, 0) is 44.3 Å². The van der Waals surface area contributed by atoms with Crippen LogP contribution in [0.4, 0.5) is 23.0 Å². The van der Waals surface area contributed by atoms with E-state index in [2.05, 4.69) is 15.0 Å². The summed E-state index contributed by atoms with van der Waals surface area (Å²) in [6.07, 6.45) is 0. The summed E-state index contributed by atoms with van der Waals surface area (Å²) in [6, 6.07) is 9.87. The highest BCUT2D eigenvalue weighted by Gasteiger charge is 2.34. The molecule has 190 valence electrons. The average Bonchev–Trinajstić information content (AvgIpc) is 2.84. The number of piperazine rings is 1. The molecule has 0 aliphatic carbocycles. The molecular weight excluding hydrogens is 470 g/mol. The van der Waals surface area contributed by atoms with Crippen LogP contribution >= 0.6 is 0 Å². The Kier molecular flexibility index (Phi) is 7.57. The number of rotatable bonds is 8. The predicted molar refractivity (Wildman–Crippen MR) is 135 cm³/mol. The Balaban J connectivity index is 1.55. The topological polar surface area (TPSA) is 110 Å². The molecule has 1 saturated heterocycles. The number of hydrazine groups is 1. The van der Waals surface area contributed by atoms with E-state index >= 15 is 0 Å². The van der Waals surface area contributed by atoms with Crippen LogP contribution in [0.25, 0.3) is 0 Å². The monoisotopic (exact) mass is 503 g/mol. The molecule has 2 aliphatic rings. The number of pyridine rings is 1. The third kappa shape index (κ3) is 5.57. The number of hydrogen-bond donors (Lipinski definition) is 2. The highest BCUT2D eigenvalue weighted by Crippen LogP contribution is 2.35. The van der Waals surface area contributed by atoms with Gasteiger partial charge in [0.2, 0.25) is 5.91 Å². The maximum absolute atomic E-state index is 13.0. The number of benzene rings is 1. The van der Waals surface area contributed by atoms with Crippen molar-refractivity contribution in [1.29, 1.82) is 0 Å². The maximum Gasteiger partial charge on any atom is 0.253 e. The van der Waals surface area contributed by atoms with Gasteiger partial charge in [0.05, 0.1) is 17.2 Å². The number of carbonyl (C=O) groups excluding carboxylic acids is 1. The molecule has 1 aromatic heterocycles. The molecule has 2 aromatic rings. The van der Waals surface area contributed by atoms with E-state index in [1.165, 1.54) is 0 Å². The minimum absolute atomic E-state index is 0.0122. The van der Waals surface area contributed by atoms with Gasteiger partial charge in [-0.1, -0.05) is 6.07 Å². The maximum atomic E-state index is 13.0. The van der Waals surface area contributed by atoms with Crippen LogP contribution in [0.3, 0.4) is 0 Å². The fraction of sp³-hybridized carbons (Fsp3) is 0.478. The summed E-state index contributed by atoms with van der Waals surface area (Å²) in [5.41, 5.74) is 1.30. The third-order valence-corrected chi connectivity index (χ3v) is 7.72. The summed E-state index contributed by atoms with van der Waals surface area (Å²) in [7, 11) is 1.66. The van der Waals surface area contributed by atoms with E-state index in [9.17, 15) is 13.2 Å². The molecule has 1 atom stereocenters. The first-order chi connectivity index (χ1) is 16.7. The zero-order valence-corrected chi connectivity index (χ0v) is 21.4. The van der Waals surface area contributed by atoms with Gasteiger partial charge in [-0.15, -0.1) is 4.83 Å². The van der Waals surface area contributed by atoms with Crippen LogP contribution in [0.5, 0.6) is 0 Å². The molecule has 1 aromatic carbocycles. The Morgan fingerprint density at radius 2 is 1.86 bits per heavy atom. The van der Waals surface area contributed by atoms with Gasteiger partial charge in [0.25, 0.3) is 10.0 Å².